The minimum Gasteiger partial charge on any atom is -0.390 e. The van der Waals surface area contributed by atoms with Gasteiger partial charge in [-0.2, -0.15) is 9.19 Å². The molecule has 5 heterocycles. The molecular weight excluding hydrogens is 537 g/mol. The first kappa shape index (κ1) is 26.6. The highest BCUT2D eigenvalue weighted by Gasteiger charge is 2.38. The van der Waals surface area contributed by atoms with E-state index in [-0.39, 0.29) is 18.3 Å². The summed E-state index contributed by atoms with van der Waals surface area (Å²) in [5, 5.41) is 17.3. The maximum atomic E-state index is 14.9. The maximum absolute atomic E-state index is 14.9. The number of anilines is 3. The molecule has 2 aliphatic heterocycles. The van der Waals surface area contributed by atoms with Crippen molar-refractivity contribution in [3.63, 3.8) is 0 Å². The second-order valence-electron chi connectivity index (χ2n) is 10.8. The molecule has 2 N–H and O–H groups in total. The van der Waals surface area contributed by atoms with Crippen LogP contribution in [0.5, 0.6) is 0 Å². The number of hydrogen-bond acceptors (Lipinski definition) is 10. The SMILES string of the molecule is CC1(O)CCN(c2cc(Nc3ccnc(-c4cnn(S(=O)(=O)C5CC5)c4)n3)ncc2C#CC2(F)CCOC2)CC1. The van der Waals surface area contributed by atoms with Crippen LogP contribution in [0.2, 0.25) is 0 Å². The molecule has 1 atom stereocenters. The van der Waals surface area contributed by atoms with Crippen molar-refractivity contribution >= 4 is 27.3 Å². The molecule has 0 bridgehead atoms. The molecule has 1 saturated carbocycles. The fourth-order valence-electron chi connectivity index (χ4n) is 4.70. The fraction of sp³-hybridized carbons (Fsp3) is 0.481. The van der Waals surface area contributed by atoms with Crippen molar-refractivity contribution in [2.45, 2.75) is 55.5 Å². The number of hydrogen-bond donors (Lipinski definition) is 2. The van der Waals surface area contributed by atoms with Crippen molar-refractivity contribution in [2.75, 3.05) is 36.5 Å². The van der Waals surface area contributed by atoms with Gasteiger partial charge in [-0.25, -0.2) is 27.8 Å². The van der Waals surface area contributed by atoms with E-state index in [1.165, 1.54) is 12.4 Å². The van der Waals surface area contributed by atoms with Gasteiger partial charge in [0.05, 0.1) is 53.3 Å². The largest absolute Gasteiger partial charge is 0.390 e. The molecule has 0 radical (unpaired) electrons. The van der Waals surface area contributed by atoms with E-state index in [1.807, 2.05) is 13.0 Å². The maximum Gasteiger partial charge on any atom is 0.256 e. The van der Waals surface area contributed by atoms with Gasteiger partial charge in [-0.05, 0) is 38.7 Å². The topological polar surface area (TPSA) is 135 Å². The molecular formula is C27H30FN7O4S. The Morgan fingerprint density at radius 2 is 1.98 bits per heavy atom. The lowest BCUT2D eigenvalue weighted by atomic mass is 9.93. The minimum absolute atomic E-state index is 0.0452. The van der Waals surface area contributed by atoms with Gasteiger partial charge < -0.3 is 20.1 Å². The first-order valence-electron chi connectivity index (χ1n) is 13.3. The van der Waals surface area contributed by atoms with E-state index in [2.05, 4.69) is 42.1 Å². The average molecular weight is 568 g/mol. The number of piperidine rings is 1. The highest BCUT2D eigenvalue weighted by molar-refractivity contribution is 7.90. The van der Waals surface area contributed by atoms with Crippen LogP contribution in [0.25, 0.3) is 11.4 Å². The van der Waals surface area contributed by atoms with Crippen molar-refractivity contribution in [2.24, 2.45) is 0 Å². The lowest BCUT2D eigenvalue weighted by Crippen LogP contribution is -2.42. The van der Waals surface area contributed by atoms with Gasteiger partial charge in [-0.1, -0.05) is 11.8 Å². The predicted molar refractivity (Wildman–Crippen MR) is 146 cm³/mol. The summed E-state index contributed by atoms with van der Waals surface area (Å²) in [5.74, 6) is 6.98. The van der Waals surface area contributed by atoms with Crippen LogP contribution in [0.4, 0.5) is 21.7 Å². The third-order valence-corrected chi connectivity index (χ3v) is 9.43. The monoisotopic (exact) mass is 567 g/mol. The highest BCUT2D eigenvalue weighted by Crippen LogP contribution is 2.32. The Morgan fingerprint density at radius 3 is 2.70 bits per heavy atom. The van der Waals surface area contributed by atoms with Crippen LogP contribution in [0.3, 0.4) is 0 Å². The van der Waals surface area contributed by atoms with E-state index in [0.717, 1.165) is 9.77 Å². The zero-order valence-electron chi connectivity index (χ0n) is 22.0. The van der Waals surface area contributed by atoms with Gasteiger partial charge >= 0.3 is 0 Å². The van der Waals surface area contributed by atoms with Crippen LogP contribution in [0, 0.1) is 11.8 Å². The van der Waals surface area contributed by atoms with Gasteiger partial charge in [0.25, 0.3) is 10.0 Å². The summed E-state index contributed by atoms with van der Waals surface area (Å²) >= 11 is 0. The molecule has 3 aromatic rings. The number of pyridine rings is 1. The first-order valence-corrected chi connectivity index (χ1v) is 14.8. The third kappa shape index (κ3) is 5.65. The zero-order chi connectivity index (χ0) is 28.0. The summed E-state index contributed by atoms with van der Waals surface area (Å²) in [6.45, 7) is 3.35. The number of nitrogens with zero attached hydrogens (tertiary/aromatic N) is 6. The number of halogens is 1. The first-order chi connectivity index (χ1) is 19.1. The van der Waals surface area contributed by atoms with Gasteiger partial charge in [-0.15, -0.1) is 0 Å². The van der Waals surface area contributed by atoms with Gasteiger partial charge in [0, 0.05) is 38.0 Å². The number of rotatable bonds is 6. The Balaban J connectivity index is 1.26. The zero-order valence-corrected chi connectivity index (χ0v) is 22.9. The van der Waals surface area contributed by atoms with Crippen molar-refractivity contribution in [1.29, 1.82) is 0 Å². The molecule has 1 unspecified atom stereocenters. The molecule has 1 aliphatic carbocycles. The summed E-state index contributed by atoms with van der Waals surface area (Å²) in [5.41, 5.74) is -0.566. The molecule has 0 spiro atoms. The normalized spacial score (nSPS) is 22.5. The quantitative estimate of drug-likeness (QED) is 0.428. The minimum atomic E-state index is -3.49. The van der Waals surface area contributed by atoms with Crippen molar-refractivity contribution in [3.05, 3.63) is 42.5 Å². The molecule has 210 valence electrons. The Labute approximate surface area is 231 Å². The van der Waals surface area contributed by atoms with E-state index in [9.17, 15) is 17.9 Å². The predicted octanol–water partition coefficient (Wildman–Crippen LogP) is 2.65. The average Bonchev–Trinajstić information content (AvgIpc) is 3.52. The standard InChI is InChI=1S/C27H30FN7O4S/c1-26(36)7-11-34(12-8-26)22-14-24(30-15-19(22)4-6-27(28)9-13-39-18-27)32-23-5-10-29-25(33-23)20-16-31-35(17-20)40(37,38)21-2-3-21/h5,10,14-17,21,36H,2-3,7-9,11-13,18H2,1H3,(H,29,30,32,33). The molecule has 2 saturated heterocycles. The van der Waals surface area contributed by atoms with Gasteiger partial charge in [-0.3, -0.25) is 0 Å². The molecule has 3 fully saturated rings. The van der Waals surface area contributed by atoms with Crippen LogP contribution >= 0.6 is 0 Å². The Morgan fingerprint density at radius 1 is 1.18 bits per heavy atom. The lowest BCUT2D eigenvalue weighted by molar-refractivity contribution is 0.0351. The van der Waals surface area contributed by atoms with Crippen LogP contribution in [-0.4, -0.2) is 80.5 Å². The lowest BCUT2D eigenvalue weighted by Gasteiger charge is -2.37. The van der Waals surface area contributed by atoms with Gasteiger partial charge in [0.15, 0.2) is 11.5 Å². The van der Waals surface area contributed by atoms with Gasteiger partial charge in [0.1, 0.15) is 11.6 Å². The van der Waals surface area contributed by atoms with Crippen LogP contribution in [-0.2, 0) is 14.8 Å². The highest BCUT2D eigenvalue weighted by atomic mass is 32.2. The van der Waals surface area contributed by atoms with Crippen LogP contribution in [0.15, 0.2) is 36.9 Å². The molecule has 6 rings (SSSR count). The van der Waals surface area contributed by atoms with Crippen molar-refractivity contribution < 1.29 is 22.7 Å². The summed E-state index contributed by atoms with van der Waals surface area (Å²) in [7, 11) is -3.49. The third-order valence-electron chi connectivity index (χ3n) is 7.39. The van der Waals surface area contributed by atoms with E-state index < -0.39 is 21.3 Å². The Hall–Kier alpha value is -3.60. The summed E-state index contributed by atoms with van der Waals surface area (Å²) in [6, 6.07) is 3.51. The van der Waals surface area contributed by atoms with E-state index in [4.69, 9.17) is 4.74 Å². The van der Waals surface area contributed by atoms with Gasteiger partial charge in [0.2, 0.25) is 0 Å². The summed E-state index contributed by atoms with van der Waals surface area (Å²) in [4.78, 5) is 15.4. The molecule has 0 aromatic carbocycles. The number of aliphatic hydroxyl groups is 1. The van der Waals surface area contributed by atoms with Crippen LogP contribution < -0.4 is 10.2 Å². The number of nitrogens with one attached hydrogen (secondary N) is 1. The number of alkyl halides is 1. The molecule has 40 heavy (non-hydrogen) atoms. The number of ether oxygens (including phenoxy) is 1. The molecule has 0 amide bonds. The van der Waals surface area contributed by atoms with E-state index >= 15 is 0 Å². The Bertz CT molecular complexity index is 1580. The fourth-order valence-corrected chi connectivity index (χ4v) is 6.17. The molecule has 3 aromatic heterocycles. The molecule has 11 nitrogen and oxygen atoms in total. The summed E-state index contributed by atoms with van der Waals surface area (Å²) in [6.07, 6.45) is 8.73. The second-order valence-corrected chi connectivity index (χ2v) is 12.9. The van der Waals surface area contributed by atoms with Crippen LogP contribution in [0.1, 0.15) is 44.6 Å². The van der Waals surface area contributed by atoms with Crippen molar-refractivity contribution in [3.8, 4) is 23.2 Å². The van der Waals surface area contributed by atoms with E-state index in [0.29, 0.717) is 74.0 Å². The Kier molecular flexibility index (Phi) is 6.72. The second kappa shape index (κ2) is 10.1. The van der Waals surface area contributed by atoms with E-state index in [1.54, 1.807) is 18.5 Å². The summed E-state index contributed by atoms with van der Waals surface area (Å²) < 4.78 is 46.1. The smallest absolute Gasteiger partial charge is 0.256 e. The number of aromatic nitrogens is 5. The molecule has 13 heteroatoms. The van der Waals surface area contributed by atoms with Crippen molar-refractivity contribution in [1.82, 2.24) is 24.1 Å². The molecule has 3 aliphatic rings.